The Labute approximate surface area is 154 Å². The van der Waals surface area contributed by atoms with Crippen molar-refractivity contribution >= 4 is 21.6 Å². The molecule has 3 rings (SSSR count). The van der Waals surface area contributed by atoms with Gasteiger partial charge in [0, 0.05) is 11.7 Å². The van der Waals surface area contributed by atoms with Crippen molar-refractivity contribution in [2.24, 2.45) is 5.14 Å². The van der Waals surface area contributed by atoms with Crippen LogP contribution in [0, 0.1) is 0 Å². The summed E-state index contributed by atoms with van der Waals surface area (Å²) in [7, 11) is -3.66. The molecule has 26 heavy (non-hydrogen) atoms. The topological polar surface area (TPSA) is 92.5 Å². The quantitative estimate of drug-likeness (QED) is 0.750. The molecule has 3 N–H and O–H groups in total. The van der Waals surface area contributed by atoms with Gasteiger partial charge in [0.15, 0.2) is 0 Å². The van der Waals surface area contributed by atoms with Crippen LogP contribution in [-0.4, -0.2) is 33.5 Å². The number of nitrogens with two attached hydrogens (primary N) is 1. The number of carbonyl (C=O) groups is 1. The summed E-state index contributed by atoms with van der Waals surface area (Å²) >= 11 is 0. The lowest BCUT2D eigenvalue weighted by Crippen LogP contribution is -2.41. The van der Waals surface area contributed by atoms with Crippen LogP contribution in [0.4, 0.5) is 5.69 Å². The fourth-order valence-electron chi connectivity index (χ4n) is 3.30. The molecule has 0 aromatic heterocycles. The summed E-state index contributed by atoms with van der Waals surface area (Å²) in [6, 6.07) is 14.7. The van der Waals surface area contributed by atoms with Crippen LogP contribution in [0.3, 0.4) is 0 Å². The summed E-state index contributed by atoms with van der Waals surface area (Å²) in [6.07, 6.45) is 1.59. The number of hydrogen-bond acceptors (Lipinski definition) is 4. The number of para-hydroxylation sites is 1. The monoisotopic (exact) mass is 373 g/mol. The van der Waals surface area contributed by atoms with Crippen molar-refractivity contribution < 1.29 is 13.2 Å². The Morgan fingerprint density at radius 3 is 2.58 bits per heavy atom. The predicted molar refractivity (Wildman–Crippen MR) is 101 cm³/mol. The number of fused-ring (bicyclic) bond motifs is 1. The lowest BCUT2D eigenvalue weighted by molar-refractivity contribution is -0.118. The van der Waals surface area contributed by atoms with Gasteiger partial charge >= 0.3 is 0 Å². The van der Waals surface area contributed by atoms with E-state index in [1.54, 1.807) is 12.1 Å². The van der Waals surface area contributed by atoms with Gasteiger partial charge in [-0.25, -0.2) is 13.6 Å². The van der Waals surface area contributed by atoms with Crippen molar-refractivity contribution in [2.75, 3.05) is 18.0 Å². The van der Waals surface area contributed by atoms with Crippen LogP contribution in [0.2, 0.25) is 0 Å². The highest BCUT2D eigenvalue weighted by Crippen LogP contribution is 2.31. The summed E-state index contributed by atoms with van der Waals surface area (Å²) in [5.41, 5.74) is 3.20. The zero-order chi connectivity index (χ0) is 18.7. The largest absolute Gasteiger partial charge is 0.308 e. The van der Waals surface area contributed by atoms with Crippen LogP contribution in [-0.2, 0) is 27.7 Å². The van der Waals surface area contributed by atoms with Gasteiger partial charge in [0.1, 0.15) is 0 Å². The number of anilines is 1. The zero-order valence-electron chi connectivity index (χ0n) is 14.7. The van der Waals surface area contributed by atoms with E-state index in [2.05, 4.69) is 18.3 Å². The van der Waals surface area contributed by atoms with Crippen LogP contribution < -0.4 is 15.4 Å². The van der Waals surface area contributed by atoms with E-state index < -0.39 is 10.0 Å². The van der Waals surface area contributed by atoms with Crippen LogP contribution in [0.5, 0.6) is 0 Å². The molecule has 2 aromatic carbocycles. The molecule has 0 fully saturated rings. The van der Waals surface area contributed by atoms with Crippen LogP contribution in [0.15, 0.2) is 53.4 Å². The molecule has 1 aliphatic rings. The Balaban J connectivity index is 1.50. The molecule has 6 nitrogen and oxygen atoms in total. The minimum Gasteiger partial charge on any atom is -0.308 e. The summed E-state index contributed by atoms with van der Waals surface area (Å²) in [6.45, 7) is 2.96. The van der Waals surface area contributed by atoms with E-state index in [9.17, 15) is 13.2 Å². The molecule has 0 saturated carbocycles. The minimum atomic E-state index is -3.66. The third kappa shape index (κ3) is 4.12. The van der Waals surface area contributed by atoms with E-state index in [1.807, 2.05) is 23.1 Å². The van der Waals surface area contributed by atoms with Crippen molar-refractivity contribution in [2.45, 2.75) is 30.7 Å². The maximum Gasteiger partial charge on any atom is 0.241 e. The van der Waals surface area contributed by atoms with E-state index in [0.717, 1.165) is 17.7 Å². The van der Waals surface area contributed by atoms with Crippen LogP contribution >= 0.6 is 0 Å². The molecule has 0 radical (unpaired) electrons. The molecule has 2 aromatic rings. The fourth-order valence-corrected chi connectivity index (χ4v) is 3.82. The number of nitrogens with zero attached hydrogens (tertiary/aromatic N) is 1. The molecule has 1 unspecified atom stereocenters. The molecular weight excluding hydrogens is 350 g/mol. The van der Waals surface area contributed by atoms with E-state index in [-0.39, 0.29) is 23.4 Å². The van der Waals surface area contributed by atoms with Crippen molar-refractivity contribution in [1.82, 2.24) is 5.32 Å². The molecule has 1 atom stereocenters. The first-order valence-corrected chi connectivity index (χ1v) is 10.1. The first kappa shape index (κ1) is 18.6. The van der Waals surface area contributed by atoms with E-state index in [1.165, 1.54) is 17.7 Å². The Kier molecular flexibility index (Phi) is 5.41. The second kappa shape index (κ2) is 7.57. The number of benzene rings is 2. The maximum absolute atomic E-state index is 12.6. The van der Waals surface area contributed by atoms with Crippen LogP contribution in [0.1, 0.15) is 18.1 Å². The highest BCUT2D eigenvalue weighted by molar-refractivity contribution is 7.89. The van der Waals surface area contributed by atoms with E-state index in [4.69, 9.17) is 5.14 Å². The van der Waals surface area contributed by atoms with Crippen molar-refractivity contribution in [1.29, 1.82) is 0 Å². The van der Waals surface area contributed by atoms with Crippen LogP contribution in [0.25, 0.3) is 0 Å². The van der Waals surface area contributed by atoms with Crippen molar-refractivity contribution in [3.63, 3.8) is 0 Å². The normalized spacial score (nSPS) is 16.5. The molecule has 0 spiro atoms. The molecule has 0 saturated heterocycles. The lowest BCUT2D eigenvalue weighted by atomic mass is 10.1. The average Bonchev–Trinajstić information content (AvgIpc) is 2.94. The van der Waals surface area contributed by atoms with Gasteiger partial charge in [-0.2, -0.15) is 0 Å². The third-order valence-corrected chi connectivity index (χ3v) is 5.52. The Morgan fingerprint density at radius 2 is 1.88 bits per heavy atom. The number of primary sulfonamides is 1. The number of amides is 1. The van der Waals surface area contributed by atoms with Gasteiger partial charge in [0.2, 0.25) is 15.9 Å². The summed E-state index contributed by atoms with van der Waals surface area (Å²) in [5, 5.41) is 8.26. The minimum absolute atomic E-state index is 0.0621. The predicted octanol–water partition coefficient (Wildman–Crippen LogP) is 1.44. The molecule has 0 bridgehead atoms. The standard InChI is InChI=1S/C19H23N3O3S/c1-14-12-16-4-2-3-5-18(16)22(14)19(23)13-21-11-10-15-6-8-17(9-7-15)26(20,24)25/h2-9,14,21H,10-13H2,1H3,(H2,20,24,25). The van der Waals surface area contributed by atoms with Gasteiger partial charge in [-0.1, -0.05) is 30.3 Å². The number of sulfonamides is 1. The van der Waals surface area contributed by atoms with E-state index in [0.29, 0.717) is 13.0 Å². The van der Waals surface area contributed by atoms with Gasteiger partial charge in [-0.05, 0) is 55.6 Å². The maximum atomic E-state index is 12.6. The van der Waals surface area contributed by atoms with E-state index >= 15 is 0 Å². The van der Waals surface area contributed by atoms with Crippen molar-refractivity contribution in [3.05, 3.63) is 59.7 Å². The molecule has 1 amide bonds. The van der Waals surface area contributed by atoms with Crippen molar-refractivity contribution in [3.8, 4) is 0 Å². The molecule has 0 aliphatic carbocycles. The first-order chi connectivity index (χ1) is 12.4. The van der Waals surface area contributed by atoms with Gasteiger partial charge in [-0.3, -0.25) is 4.79 Å². The Bertz CT molecular complexity index is 895. The zero-order valence-corrected chi connectivity index (χ0v) is 15.5. The van der Waals surface area contributed by atoms with Gasteiger partial charge in [-0.15, -0.1) is 0 Å². The molecule has 1 aliphatic heterocycles. The Hall–Kier alpha value is -2.22. The number of nitrogens with one attached hydrogen (secondary N) is 1. The Morgan fingerprint density at radius 1 is 1.19 bits per heavy atom. The molecule has 7 heteroatoms. The summed E-state index contributed by atoms with van der Waals surface area (Å²) in [5.74, 6) is 0.0621. The van der Waals surface area contributed by atoms with Gasteiger partial charge in [0.05, 0.1) is 11.4 Å². The lowest BCUT2D eigenvalue weighted by Gasteiger charge is -2.23. The fraction of sp³-hybridized carbons (Fsp3) is 0.316. The second-order valence-corrected chi connectivity index (χ2v) is 8.12. The summed E-state index contributed by atoms with van der Waals surface area (Å²) in [4.78, 5) is 14.5. The third-order valence-electron chi connectivity index (χ3n) is 4.59. The average molecular weight is 373 g/mol. The highest BCUT2D eigenvalue weighted by Gasteiger charge is 2.29. The smallest absolute Gasteiger partial charge is 0.241 e. The number of carbonyl (C=O) groups excluding carboxylic acids is 1. The summed E-state index contributed by atoms with van der Waals surface area (Å²) < 4.78 is 22.5. The molecule has 138 valence electrons. The second-order valence-electron chi connectivity index (χ2n) is 6.56. The molecule has 1 heterocycles. The van der Waals surface area contributed by atoms with Gasteiger partial charge in [0.25, 0.3) is 0 Å². The van der Waals surface area contributed by atoms with Gasteiger partial charge < -0.3 is 10.2 Å². The number of hydrogen-bond donors (Lipinski definition) is 2. The first-order valence-electron chi connectivity index (χ1n) is 8.58. The SMILES string of the molecule is CC1Cc2ccccc2N1C(=O)CNCCc1ccc(S(N)(=O)=O)cc1. The highest BCUT2D eigenvalue weighted by atomic mass is 32.2. The number of rotatable bonds is 6. The molecular formula is C19H23N3O3S.